The summed E-state index contributed by atoms with van der Waals surface area (Å²) in [7, 11) is 0. The molecule has 19 heavy (non-hydrogen) atoms. The van der Waals surface area contributed by atoms with Crippen molar-refractivity contribution in [2.24, 2.45) is 0 Å². The first kappa shape index (κ1) is 14.0. The number of carbonyl (C=O) groups excluding carboxylic acids is 3. The van der Waals surface area contributed by atoms with Gasteiger partial charge in [-0.25, -0.2) is 0 Å². The summed E-state index contributed by atoms with van der Waals surface area (Å²) >= 11 is 16.3. The maximum Gasteiger partial charge on any atom is 0.253 e. The van der Waals surface area contributed by atoms with Gasteiger partial charge in [0, 0.05) is 11.1 Å². The topological polar surface area (TPSA) is 51.2 Å². The minimum Gasteiger partial charge on any atom is -0.276 e. The smallest absolute Gasteiger partial charge is 0.253 e. The highest BCUT2D eigenvalue weighted by Crippen LogP contribution is 2.26. The SMILES string of the molecule is O=C(Cl)c1ccc2c(C(=O)Cl)c(C(=O)Cl)ccc2c1. The van der Waals surface area contributed by atoms with Gasteiger partial charge in [0.15, 0.2) is 0 Å². The molecule has 0 bridgehead atoms. The number of hydrogen-bond donors (Lipinski definition) is 0. The fraction of sp³-hybridized carbons (Fsp3) is 0. The van der Waals surface area contributed by atoms with Gasteiger partial charge in [-0.3, -0.25) is 14.4 Å². The van der Waals surface area contributed by atoms with E-state index in [2.05, 4.69) is 0 Å². The van der Waals surface area contributed by atoms with Crippen molar-refractivity contribution in [2.75, 3.05) is 0 Å². The lowest BCUT2D eigenvalue weighted by molar-refractivity contribution is 0.105. The van der Waals surface area contributed by atoms with Crippen LogP contribution in [0.4, 0.5) is 0 Å². The van der Waals surface area contributed by atoms with Crippen LogP contribution >= 0.6 is 34.8 Å². The summed E-state index contributed by atoms with van der Waals surface area (Å²) in [6.45, 7) is 0. The predicted molar refractivity (Wildman–Crippen MR) is 74.5 cm³/mol. The minimum absolute atomic E-state index is 0.0211. The summed E-state index contributed by atoms with van der Waals surface area (Å²) in [6, 6.07) is 7.41. The van der Waals surface area contributed by atoms with Crippen LogP contribution in [0.3, 0.4) is 0 Å². The van der Waals surface area contributed by atoms with E-state index < -0.39 is 15.7 Å². The average Bonchev–Trinajstić information content (AvgIpc) is 2.35. The lowest BCUT2D eigenvalue weighted by Crippen LogP contribution is -2.02. The quantitative estimate of drug-likeness (QED) is 0.805. The summed E-state index contributed by atoms with van der Waals surface area (Å²) < 4.78 is 0. The third-order valence-corrected chi connectivity index (χ3v) is 3.27. The molecule has 0 radical (unpaired) electrons. The average molecular weight is 316 g/mol. The summed E-state index contributed by atoms with van der Waals surface area (Å²) in [5, 5.41) is -1.17. The van der Waals surface area contributed by atoms with E-state index in [0.29, 0.717) is 10.8 Å². The normalized spacial score (nSPS) is 10.5. The molecule has 0 unspecified atom stereocenters. The van der Waals surface area contributed by atoms with Gasteiger partial charge in [0.25, 0.3) is 15.7 Å². The Labute approximate surface area is 123 Å². The molecule has 6 heteroatoms. The molecule has 0 saturated heterocycles. The second-order valence-electron chi connectivity index (χ2n) is 3.75. The van der Waals surface area contributed by atoms with E-state index >= 15 is 0 Å². The molecular formula is C13H5Cl3O3. The molecule has 96 valence electrons. The highest BCUT2D eigenvalue weighted by Gasteiger charge is 2.18. The molecule has 2 aromatic rings. The molecule has 3 nitrogen and oxygen atoms in total. The molecule has 2 aromatic carbocycles. The standard InChI is InChI=1S/C13H5Cl3O3/c14-11(17)7-2-3-8-6(5-7)1-4-9(12(15)18)10(8)13(16)19/h1-5H. The molecule has 0 spiro atoms. The van der Waals surface area contributed by atoms with Gasteiger partial charge in [0.2, 0.25) is 0 Å². The van der Waals surface area contributed by atoms with Crippen LogP contribution in [0.1, 0.15) is 31.1 Å². The Morgan fingerprint density at radius 2 is 1.47 bits per heavy atom. The van der Waals surface area contributed by atoms with Crippen molar-refractivity contribution in [3.8, 4) is 0 Å². The van der Waals surface area contributed by atoms with E-state index in [-0.39, 0.29) is 16.7 Å². The van der Waals surface area contributed by atoms with Crippen molar-refractivity contribution in [3.63, 3.8) is 0 Å². The fourth-order valence-corrected chi connectivity index (χ4v) is 2.31. The first-order valence-corrected chi connectivity index (χ1v) is 6.21. The molecule has 0 aliphatic carbocycles. The number of fused-ring (bicyclic) bond motifs is 1. The largest absolute Gasteiger partial charge is 0.276 e. The Hall–Kier alpha value is -1.42. The van der Waals surface area contributed by atoms with Gasteiger partial charge < -0.3 is 0 Å². The van der Waals surface area contributed by atoms with Crippen LogP contribution in [-0.4, -0.2) is 15.7 Å². The molecule has 0 N–H and O–H groups in total. The van der Waals surface area contributed by atoms with Crippen LogP contribution in [0, 0.1) is 0 Å². The Morgan fingerprint density at radius 3 is 2.00 bits per heavy atom. The molecule has 0 fully saturated rings. The zero-order chi connectivity index (χ0) is 14.2. The predicted octanol–water partition coefficient (Wildman–Crippen LogP) is 3.98. The lowest BCUT2D eigenvalue weighted by Gasteiger charge is -2.07. The fourth-order valence-electron chi connectivity index (χ4n) is 1.83. The Morgan fingerprint density at radius 1 is 0.789 bits per heavy atom. The zero-order valence-electron chi connectivity index (χ0n) is 9.25. The Balaban J connectivity index is 2.83. The number of rotatable bonds is 3. The highest BCUT2D eigenvalue weighted by molar-refractivity contribution is 6.72. The maximum atomic E-state index is 11.5. The zero-order valence-corrected chi connectivity index (χ0v) is 11.5. The van der Waals surface area contributed by atoms with Crippen molar-refractivity contribution >= 4 is 61.3 Å². The van der Waals surface area contributed by atoms with Gasteiger partial charge >= 0.3 is 0 Å². The van der Waals surface area contributed by atoms with Crippen LogP contribution in [0.2, 0.25) is 0 Å². The molecule has 0 heterocycles. The third-order valence-electron chi connectivity index (χ3n) is 2.66. The summed E-state index contributed by atoms with van der Waals surface area (Å²) in [4.78, 5) is 33.8. The molecule has 0 atom stereocenters. The van der Waals surface area contributed by atoms with Crippen LogP contribution in [0.5, 0.6) is 0 Å². The van der Waals surface area contributed by atoms with Crippen LogP contribution in [0.25, 0.3) is 10.8 Å². The molecule has 0 aliphatic heterocycles. The van der Waals surface area contributed by atoms with Crippen LogP contribution in [0.15, 0.2) is 30.3 Å². The third kappa shape index (κ3) is 2.63. The number of carbonyl (C=O) groups is 3. The van der Waals surface area contributed by atoms with Gasteiger partial charge in [0.05, 0.1) is 5.56 Å². The second-order valence-corrected chi connectivity index (χ2v) is 4.78. The molecule has 0 aliphatic rings. The van der Waals surface area contributed by atoms with Crippen molar-refractivity contribution < 1.29 is 14.4 Å². The van der Waals surface area contributed by atoms with Crippen LogP contribution < -0.4 is 0 Å². The van der Waals surface area contributed by atoms with E-state index in [0.717, 1.165) is 0 Å². The van der Waals surface area contributed by atoms with Gasteiger partial charge in [-0.1, -0.05) is 12.1 Å². The maximum absolute atomic E-state index is 11.5. The van der Waals surface area contributed by atoms with Crippen LogP contribution in [-0.2, 0) is 0 Å². The van der Waals surface area contributed by atoms with E-state index in [1.165, 1.54) is 24.3 Å². The molecule has 0 saturated carbocycles. The summed E-state index contributed by atoms with van der Waals surface area (Å²) in [5.74, 6) is 0. The highest BCUT2D eigenvalue weighted by atomic mass is 35.5. The second kappa shape index (κ2) is 5.29. The van der Waals surface area contributed by atoms with Gasteiger partial charge in [-0.2, -0.15) is 0 Å². The van der Waals surface area contributed by atoms with Gasteiger partial charge in [-0.05, 0) is 63.8 Å². The minimum atomic E-state index is -0.792. The number of halogens is 3. The van der Waals surface area contributed by atoms with Crippen molar-refractivity contribution in [1.29, 1.82) is 0 Å². The number of benzene rings is 2. The van der Waals surface area contributed by atoms with E-state index in [9.17, 15) is 14.4 Å². The molecule has 2 rings (SSSR count). The Bertz CT molecular complexity index is 722. The van der Waals surface area contributed by atoms with Crippen molar-refractivity contribution in [2.45, 2.75) is 0 Å². The monoisotopic (exact) mass is 314 g/mol. The summed E-state index contributed by atoms with van der Waals surface area (Å²) in [5.41, 5.74) is 0.332. The van der Waals surface area contributed by atoms with Crippen molar-refractivity contribution in [1.82, 2.24) is 0 Å². The summed E-state index contributed by atoms with van der Waals surface area (Å²) in [6.07, 6.45) is 0. The Kier molecular flexibility index (Phi) is 3.90. The lowest BCUT2D eigenvalue weighted by atomic mass is 9.98. The van der Waals surface area contributed by atoms with E-state index in [4.69, 9.17) is 34.8 Å². The van der Waals surface area contributed by atoms with E-state index in [1.54, 1.807) is 6.07 Å². The number of hydrogen-bond acceptors (Lipinski definition) is 3. The van der Waals surface area contributed by atoms with Gasteiger partial charge in [-0.15, -0.1) is 0 Å². The first-order valence-electron chi connectivity index (χ1n) is 5.08. The molecule has 0 aromatic heterocycles. The molecule has 0 amide bonds. The first-order chi connectivity index (χ1) is 8.91. The van der Waals surface area contributed by atoms with E-state index in [1.807, 2.05) is 0 Å². The van der Waals surface area contributed by atoms with Crippen molar-refractivity contribution in [3.05, 3.63) is 47.0 Å². The van der Waals surface area contributed by atoms with Gasteiger partial charge in [0.1, 0.15) is 0 Å². The molecular weight excluding hydrogens is 310 g/mol.